The minimum atomic E-state index is -1.98. The van der Waals surface area contributed by atoms with E-state index in [-0.39, 0.29) is 10.6 Å². The fourth-order valence-electron chi connectivity index (χ4n) is 3.14. The first-order valence-electron chi connectivity index (χ1n) is 10.3. The fourth-order valence-corrected chi connectivity index (χ4v) is 4.29. The standard InChI is InChI=1S/C25H26ClNO3Si/c1-25(2,3)31(4,5)30-20-8-6-7-19(15-20)27-14-13-22-21(24(27)28)16-23(29-22)17-9-11-18(26)12-10-17/h6-16H,1-5H3. The van der Waals surface area contributed by atoms with Gasteiger partial charge in [-0.15, -0.1) is 0 Å². The molecule has 0 bridgehead atoms. The largest absolute Gasteiger partial charge is 0.543 e. The summed E-state index contributed by atoms with van der Waals surface area (Å²) in [5.41, 5.74) is 2.06. The molecule has 31 heavy (non-hydrogen) atoms. The molecule has 4 aromatic rings. The number of hydrogen-bond acceptors (Lipinski definition) is 3. The third-order valence-electron chi connectivity index (χ3n) is 5.99. The molecule has 0 fully saturated rings. The van der Waals surface area contributed by atoms with Crippen molar-refractivity contribution in [2.24, 2.45) is 0 Å². The molecule has 0 saturated carbocycles. The van der Waals surface area contributed by atoms with E-state index in [1.807, 2.05) is 42.5 Å². The molecule has 0 aliphatic heterocycles. The predicted molar refractivity (Wildman–Crippen MR) is 130 cm³/mol. The Balaban J connectivity index is 1.73. The molecule has 0 unspecified atom stereocenters. The van der Waals surface area contributed by atoms with E-state index in [2.05, 4.69) is 33.9 Å². The van der Waals surface area contributed by atoms with Gasteiger partial charge in [-0.25, -0.2) is 0 Å². The predicted octanol–water partition coefficient (Wildman–Crippen LogP) is 7.29. The second kappa shape index (κ2) is 7.73. The van der Waals surface area contributed by atoms with Crippen molar-refractivity contribution < 1.29 is 8.84 Å². The van der Waals surface area contributed by atoms with Gasteiger partial charge in [0.1, 0.15) is 17.1 Å². The van der Waals surface area contributed by atoms with Gasteiger partial charge in [-0.1, -0.05) is 38.4 Å². The summed E-state index contributed by atoms with van der Waals surface area (Å²) in [4.78, 5) is 13.2. The van der Waals surface area contributed by atoms with E-state index in [4.69, 9.17) is 20.4 Å². The molecule has 0 aliphatic rings. The van der Waals surface area contributed by atoms with Crippen LogP contribution in [0.4, 0.5) is 0 Å². The molecular formula is C25H26ClNO3Si. The third-order valence-corrected chi connectivity index (χ3v) is 10.6. The molecule has 6 heteroatoms. The van der Waals surface area contributed by atoms with Crippen LogP contribution in [-0.2, 0) is 0 Å². The number of hydrogen-bond donors (Lipinski definition) is 0. The maximum atomic E-state index is 13.2. The highest BCUT2D eigenvalue weighted by Crippen LogP contribution is 2.37. The molecule has 2 aromatic carbocycles. The Morgan fingerprint density at radius 1 is 1.00 bits per heavy atom. The molecule has 4 nitrogen and oxygen atoms in total. The quantitative estimate of drug-likeness (QED) is 0.306. The molecule has 0 atom stereocenters. The smallest absolute Gasteiger partial charge is 0.266 e. The summed E-state index contributed by atoms with van der Waals surface area (Å²) >= 11 is 5.98. The zero-order chi connectivity index (χ0) is 22.4. The van der Waals surface area contributed by atoms with Crippen molar-refractivity contribution in [3.05, 3.63) is 82.2 Å². The van der Waals surface area contributed by atoms with E-state index < -0.39 is 8.32 Å². The second-order valence-electron chi connectivity index (χ2n) is 9.25. The van der Waals surface area contributed by atoms with E-state index in [0.29, 0.717) is 21.8 Å². The second-order valence-corrected chi connectivity index (χ2v) is 14.4. The highest BCUT2D eigenvalue weighted by atomic mass is 35.5. The Kier molecular flexibility index (Phi) is 5.36. The van der Waals surface area contributed by atoms with Crippen LogP contribution < -0.4 is 9.99 Å². The summed E-state index contributed by atoms with van der Waals surface area (Å²) < 4.78 is 14.0. The average Bonchev–Trinajstić information content (AvgIpc) is 3.13. The van der Waals surface area contributed by atoms with Crippen LogP contribution >= 0.6 is 11.6 Å². The molecule has 4 rings (SSSR count). The van der Waals surface area contributed by atoms with Crippen molar-refractivity contribution in [1.29, 1.82) is 0 Å². The summed E-state index contributed by atoms with van der Waals surface area (Å²) in [5, 5.41) is 1.28. The van der Waals surface area contributed by atoms with Gasteiger partial charge in [0.25, 0.3) is 5.56 Å². The summed E-state index contributed by atoms with van der Waals surface area (Å²) in [7, 11) is -1.98. The number of fused-ring (bicyclic) bond motifs is 1. The lowest BCUT2D eigenvalue weighted by atomic mass is 10.1. The number of aromatic nitrogens is 1. The molecule has 0 amide bonds. The first-order chi connectivity index (χ1) is 14.5. The molecule has 2 heterocycles. The minimum absolute atomic E-state index is 0.0909. The van der Waals surface area contributed by atoms with E-state index in [1.54, 1.807) is 29.0 Å². The zero-order valence-electron chi connectivity index (χ0n) is 18.4. The molecule has 0 aliphatic carbocycles. The van der Waals surface area contributed by atoms with Gasteiger partial charge in [-0.3, -0.25) is 9.36 Å². The summed E-state index contributed by atoms with van der Waals surface area (Å²) in [6, 6.07) is 18.7. The Hall–Kier alpha value is -2.76. The molecule has 0 radical (unpaired) electrons. The average molecular weight is 452 g/mol. The fraction of sp³-hybridized carbons (Fsp3) is 0.240. The first-order valence-corrected chi connectivity index (χ1v) is 13.5. The number of nitrogens with zero attached hydrogens (tertiary/aromatic N) is 1. The molecule has 0 saturated heterocycles. The minimum Gasteiger partial charge on any atom is -0.543 e. The van der Waals surface area contributed by atoms with Gasteiger partial charge in [0.15, 0.2) is 0 Å². The lowest BCUT2D eigenvalue weighted by molar-refractivity contribution is 0.492. The maximum absolute atomic E-state index is 13.2. The topological polar surface area (TPSA) is 44.4 Å². The first kappa shape index (κ1) is 21.5. The number of rotatable bonds is 4. The summed E-state index contributed by atoms with van der Waals surface area (Å²) in [6.07, 6.45) is 1.74. The molecule has 2 aromatic heterocycles. The van der Waals surface area contributed by atoms with Gasteiger partial charge >= 0.3 is 0 Å². The van der Waals surface area contributed by atoms with Gasteiger partial charge in [-0.05, 0) is 66.7 Å². The Bertz CT molecular complexity index is 1300. The normalized spacial score (nSPS) is 12.3. The van der Waals surface area contributed by atoms with Crippen molar-refractivity contribution in [2.75, 3.05) is 0 Å². The van der Waals surface area contributed by atoms with Crippen molar-refractivity contribution >= 4 is 30.9 Å². The van der Waals surface area contributed by atoms with Crippen molar-refractivity contribution in [3.8, 4) is 22.8 Å². The number of benzene rings is 2. The van der Waals surface area contributed by atoms with E-state index in [9.17, 15) is 4.79 Å². The summed E-state index contributed by atoms with van der Waals surface area (Å²) in [5.74, 6) is 1.42. The SMILES string of the molecule is CC(C)(C)[Si](C)(C)Oc1cccc(-n2ccc3oc(-c4ccc(Cl)cc4)cc3c2=O)c1. The van der Waals surface area contributed by atoms with Crippen LogP contribution in [0.15, 0.2) is 76.1 Å². The monoisotopic (exact) mass is 451 g/mol. The van der Waals surface area contributed by atoms with Gasteiger partial charge in [-0.2, -0.15) is 0 Å². The van der Waals surface area contributed by atoms with Crippen LogP contribution in [-0.4, -0.2) is 12.9 Å². The molecule has 160 valence electrons. The Morgan fingerprint density at radius 2 is 1.71 bits per heavy atom. The van der Waals surface area contributed by atoms with E-state index in [0.717, 1.165) is 17.0 Å². The van der Waals surface area contributed by atoms with Gasteiger partial charge in [0, 0.05) is 22.8 Å². The van der Waals surface area contributed by atoms with Crippen LogP contribution in [0.25, 0.3) is 28.0 Å². The van der Waals surface area contributed by atoms with Crippen LogP contribution in [0.2, 0.25) is 23.2 Å². The van der Waals surface area contributed by atoms with Crippen LogP contribution in [0.1, 0.15) is 20.8 Å². The van der Waals surface area contributed by atoms with E-state index >= 15 is 0 Å². The van der Waals surface area contributed by atoms with Gasteiger partial charge < -0.3 is 8.84 Å². The summed E-state index contributed by atoms with van der Waals surface area (Å²) in [6.45, 7) is 11.0. The van der Waals surface area contributed by atoms with Gasteiger partial charge in [0.2, 0.25) is 8.32 Å². The lowest BCUT2D eigenvalue weighted by Gasteiger charge is -2.36. The zero-order valence-corrected chi connectivity index (χ0v) is 20.2. The number of furan rings is 1. The Labute approximate surface area is 188 Å². The maximum Gasteiger partial charge on any atom is 0.266 e. The number of halogens is 1. The number of pyridine rings is 1. The van der Waals surface area contributed by atoms with Crippen LogP contribution in [0.5, 0.6) is 5.75 Å². The Morgan fingerprint density at radius 3 is 2.39 bits per heavy atom. The van der Waals surface area contributed by atoms with Crippen LogP contribution in [0.3, 0.4) is 0 Å². The molecular weight excluding hydrogens is 426 g/mol. The van der Waals surface area contributed by atoms with Crippen LogP contribution in [0, 0.1) is 0 Å². The third kappa shape index (κ3) is 4.20. The van der Waals surface area contributed by atoms with Crippen molar-refractivity contribution in [2.45, 2.75) is 38.9 Å². The highest BCUT2D eigenvalue weighted by molar-refractivity contribution is 6.74. The molecule has 0 spiro atoms. The van der Waals surface area contributed by atoms with Gasteiger partial charge in [0.05, 0.1) is 11.1 Å². The van der Waals surface area contributed by atoms with Crippen molar-refractivity contribution in [3.63, 3.8) is 0 Å². The highest BCUT2D eigenvalue weighted by Gasteiger charge is 2.39. The lowest BCUT2D eigenvalue weighted by Crippen LogP contribution is -2.43. The van der Waals surface area contributed by atoms with Crippen molar-refractivity contribution in [1.82, 2.24) is 4.57 Å². The molecule has 0 N–H and O–H groups in total. The van der Waals surface area contributed by atoms with E-state index in [1.165, 1.54) is 0 Å².